The van der Waals surface area contributed by atoms with E-state index in [-0.39, 0.29) is 0 Å². The van der Waals surface area contributed by atoms with Crippen LogP contribution in [0.25, 0.3) is 251 Å². The van der Waals surface area contributed by atoms with Gasteiger partial charge in [0.05, 0.1) is 33.1 Å². The predicted molar refractivity (Wildman–Crippen MR) is 547 cm³/mol. The topological polar surface area (TPSA) is 170 Å². The number of benzene rings is 18. The highest BCUT2D eigenvalue weighted by Gasteiger charge is 2.28. The van der Waals surface area contributed by atoms with Crippen molar-refractivity contribution in [2.24, 2.45) is 0 Å². The van der Waals surface area contributed by atoms with Crippen LogP contribution in [0.2, 0.25) is 0 Å². The number of aryl methyl sites for hydroxylation is 3. The van der Waals surface area contributed by atoms with Crippen molar-refractivity contribution in [2.45, 2.75) is 20.8 Å². The van der Waals surface area contributed by atoms with Gasteiger partial charge in [-0.25, -0.2) is 44.9 Å². The fourth-order valence-electron chi connectivity index (χ4n) is 19.4. The molecular formula is C120H78N12O3. The average Bonchev–Trinajstić information content (AvgIpc) is 1.57. The van der Waals surface area contributed by atoms with E-state index in [0.717, 1.165) is 199 Å². The van der Waals surface area contributed by atoms with Gasteiger partial charge in [0.25, 0.3) is 0 Å². The van der Waals surface area contributed by atoms with Gasteiger partial charge < -0.3 is 27.0 Å². The second-order valence-electron chi connectivity index (χ2n) is 34.0. The molecule has 636 valence electrons. The van der Waals surface area contributed by atoms with E-state index < -0.39 is 0 Å². The van der Waals surface area contributed by atoms with E-state index in [4.69, 9.17) is 58.1 Å². The number of rotatable bonds is 12. The molecular weight excluding hydrogens is 1660 g/mol. The van der Waals surface area contributed by atoms with Crippen LogP contribution in [0.4, 0.5) is 0 Å². The zero-order chi connectivity index (χ0) is 89.7. The van der Waals surface area contributed by atoms with Gasteiger partial charge >= 0.3 is 0 Å². The third-order valence-electron chi connectivity index (χ3n) is 25.6. The number of fused-ring (bicyclic) bond motifs is 18. The number of hydrogen-bond donors (Lipinski definition) is 0. The standard InChI is InChI=1S/3C40H26N4O/c1-25-21-32(40-42-38(26-13-5-2-6-14-26)41-39(43-40)27-15-7-3-8-16-27)37-31-23-34-30(24-35(31)45-36(37)22-25)29-19-11-12-20-33(29)44(34)28-17-9-4-10-18-28;1-25-21-22-34-37(36(25)40-42-38(26-13-5-2-6-14-26)41-39(43-40)27-15-7-3-8-16-27)31-23-33-30(24-35(31)45-34)29-19-11-12-20-32(29)44(33)28-17-9-4-10-18-28;1-25-21-22-30(40-42-38(26-13-5-2-6-14-26)41-39(43-40)27-15-7-3-8-16-27)36-32-23-34-31(24-35(32)45-37(25)36)29-19-11-12-20-33(29)44(34)28-17-9-4-10-18-28/h3*2-24H,1H3. The molecule has 0 unspecified atom stereocenters. The Morgan fingerprint density at radius 1 is 0.185 bits per heavy atom. The van der Waals surface area contributed by atoms with Gasteiger partial charge in [0.1, 0.15) is 33.5 Å². The summed E-state index contributed by atoms with van der Waals surface area (Å²) in [6.07, 6.45) is 0. The van der Waals surface area contributed by atoms with Crippen molar-refractivity contribution in [3.8, 4) is 120 Å². The molecule has 0 spiro atoms. The minimum absolute atomic E-state index is 0.610. The van der Waals surface area contributed by atoms with Crippen LogP contribution in [0.3, 0.4) is 0 Å². The van der Waals surface area contributed by atoms with Crippen molar-refractivity contribution in [3.05, 3.63) is 435 Å². The largest absolute Gasteiger partial charge is 0.456 e. The van der Waals surface area contributed by atoms with Crippen LogP contribution < -0.4 is 0 Å². The van der Waals surface area contributed by atoms with Crippen molar-refractivity contribution in [1.29, 1.82) is 0 Å². The Kier molecular flexibility index (Phi) is 19.2. The Hall–Kier alpha value is -18.2. The van der Waals surface area contributed by atoms with Crippen molar-refractivity contribution in [3.63, 3.8) is 0 Å². The van der Waals surface area contributed by atoms with Gasteiger partial charge in [-0.1, -0.05) is 309 Å². The lowest BCUT2D eigenvalue weighted by Gasteiger charge is -2.11. The van der Waals surface area contributed by atoms with Crippen LogP contribution in [-0.4, -0.2) is 58.6 Å². The van der Waals surface area contributed by atoms with E-state index >= 15 is 0 Å². The molecule has 0 fully saturated rings. The van der Waals surface area contributed by atoms with E-state index in [2.05, 4.69) is 271 Å². The molecule has 9 heterocycles. The minimum atomic E-state index is 0.610. The van der Waals surface area contributed by atoms with Crippen molar-refractivity contribution < 1.29 is 13.3 Å². The first-order valence-electron chi connectivity index (χ1n) is 45.1. The molecule has 15 heteroatoms. The minimum Gasteiger partial charge on any atom is -0.456 e. The molecule has 135 heavy (non-hydrogen) atoms. The third kappa shape index (κ3) is 13.9. The second-order valence-corrected chi connectivity index (χ2v) is 34.0. The van der Waals surface area contributed by atoms with E-state index in [1.807, 2.05) is 182 Å². The van der Waals surface area contributed by atoms with Gasteiger partial charge in [-0.05, 0) is 147 Å². The summed E-state index contributed by atoms with van der Waals surface area (Å²) in [5.41, 5.74) is 26.7. The number of nitrogens with zero attached hydrogens (tertiary/aromatic N) is 12. The Bertz CT molecular complexity index is 9040. The first-order chi connectivity index (χ1) is 66.7. The van der Waals surface area contributed by atoms with Crippen LogP contribution in [-0.2, 0) is 0 Å². The smallest absolute Gasteiger partial charge is 0.165 e. The highest BCUT2D eigenvalue weighted by atomic mass is 16.3. The summed E-state index contributed by atoms with van der Waals surface area (Å²) in [7, 11) is 0. The van der Waals surface area contributed by atoms with Gasteiger partial charge in [-0.3, -0.25) is 0 Å². The first kappa shape index (κ1) is 79.0. The summed E-state index contributed by atoms with van der Waals surface area (Å²) in [6.45, 7) is 6.29. The number of para-hydroxylation sites is 6. The quantitative estimate of drug-likeness (QED) is 0.114. The molecule has 27 rings (SSSR count). The maximum absolute atomic E-state index is 6.67. The Morgan fingerprint density at radius 2 is 0.481 bits per heavy atom. The lowest BCUT2D eigenvalue weighted by atomic mass is 9.99. The van der Waals surface area contributed by atoms with Crippen molar-refractivity contribution >= 4 is 131 Å². The second kappa shape index (κ2) is 32.8. The van der Waals surface area contributed by atoms with E-state index in [1.54, 1.807) is 0 Å². The molecule has 0 bridgehead atoms. The number of furan rings is 3. The summed E-state index contributed by atoms with van der Waals surface area (Å²) in [5, 5.41) is 13.1. The van der Waals surface area contributed by atoms with E-state index in [1.165, 1.54) is 16.2 Å². The molecule has 0 aliphatic heterocycles. The Balaban J connectivity index is 0.000000108. The first-order valence-corrected chi connectivity index (χ1v) is 45.1. The zero-order valence-electron chi connectivity index (χ0n) is 73.4. The maximum atomic E-state index is 6.67. The number of hydrogen-bond acceptors (Lipinski definition) is 12. The molecule has 0 aliphatic rings. The lowest BCUT2D eigenvalue weighted by molar-refractivity contribution is 0.666. The molecule has 9 aromatic heterocycles. The fourth-order valence-corrected chi connectivity index (χ4v) is 19.4. The van der Waals surface area contributed by atoms with Crippen LogP contribution in [0.1, 0.15) is 16.7 Å². The van der Waals surface area contributed by atoms with Crippen LogP contribution in [0.5, 0.6) is 0 Å². The van der Waals surface area contributed by atoms with Gasteiger partial charge in [0.15, 0.2) is 52.4 Å². The summed E-state index contributed by atoms with van der Waals surface area (Å²) >= 11 is 0. The monoisotopic (exact) mass is 1730 g/mol. The molecule has 0 atom stereocenters. The van der Waals surface area contributed by atoms with Gasteiger partial charge in [0, 0.05) is 132 Å². The van der Waals surface area contributed by atoms with E-state index in [0.29, 0.717) is 52.4 Å². The molecule has 27 aromatic rings. The molecule has 0 radical (unpaired) electrons. The summed E-state index contributed by atoms with van der Waals surface area (Å²) in [4.78, 5) is 45.2. The normalized spacial score (nSPS) is 11.7. The number of aromatic nitrogens is 12. The van der Waals surface area contributed by atoms with Gasteiger partial charge in [-0.2, -0.15) is 0 Å². The molecule has 18 aromatic carbocycles. The summed E-state index contributed by atoms with van der Waals surface area (Å²) in [5.74, 6) is 5.65. The van der Waals surface area contributed by atoms with Crippen LogP contribution in [0, 0.1) is 20.8 Å². The summed E-state index contributed by atoms with van der Waals surface area (Å²) in [6, 6.07) is 144. The average molecular weight is 1740 g/mol. The SMILES string of the molecule is Cc1cc(-c2nc(-c3ccccc3)nc(-c3ccccc3)n2)c2c(c1)oc1cc3c4ccccc4n(-c4ccccc4)c3cc12.Cc1ccc(-c2nc(-c3ccccc3)nc(-c3ccccc3)n2)c2c1oc1cc3c4ccccc4n(-c4ccccc4)c3cc12.Cc1ccc2oc3cc4c5ccccc5n(-c5ccccc5)c4cc3c2c1-c1nc(-c2ccccc2)nc(-c2ccccc2)n1. The zero-order valence-corrected chi connectivity index (χ0v) is 73.4. The molecule has 0 N–H and O–H groups in total. The highest BCUT2D eigenvalue weighted by Crippen LogP contribution is 2.48. The maximum Gasteiger partial charge on any atom is 0.165 e. The predicted octanol–water partition coefficient (Wildman–Crippen LogP) is 30.5. The van der Waals surface area contributed by atoms with Gasteiger partial charge in [0.2, 0.25) is 0 Å². The molecule has 0 aliphatic carbocycles. The lowest BCUT2D eigenvalue weighted by Crippen LogP contribution is -2.01. The highest BCUT2D eigenvalue weighted by molar-refractivity contribution is 6.23. The van der Waals surface area contributed by atoms with Gasteiger partial charge in [-0.15, -0.1) is 0 Å². The molecule has 0 saturated heterocycles. The van der Waals surface area contributed by atoms with Crippen molar-refractivity contribution in [1.82, 2.24) is 58.6 Å². The van der Waals surface area contributed by atoms with Crippen LogP contribution in [0.15, 0.2) is 432 Å². The van der Waals surface area contributed by atoms with Crippen LogP contribution >= 0.6 is 0 Å². The Morgan fingerprint density at radius 3 is 0.859 bits per heavy atom. The molecule has 15 nitrogen and oxygen atoms in total. The molecule has 0 amide bonds. The molecule has 0 saturated carbocycles. The third-order valence-corrected chi connectivity index (χ3v) is 25.6. The summed E-state index contributed by atoms with van der Waals surface area (Å²) < 4.78 is 26.9. The van der Waals surface area contributed by atoms with Crippen molar-refractivity contribution in [2.75, 3.05) is 0 Å². The fraction of sp³-hybridized carbons (Fsp3) is 0.0250. The Labute approximate surface area is 773 Å². The van der Waals surface area contributed by atoms with E-state index in [9.17, 15) is 0 Å².